The molecule has 0 fully saturated rings. The number of hydrogen-bond donors (Lipinski definition) is 0. The maximum atomic E-state index is 9.80. The molecule has 0 atom stereocenters. The predicted molar refractivity (Wildman–Crippen MR) is 38.1 cm³/mol. The highest BCUT2D eigenvalue weighted by atomic mass is 32.1. The van der Waals surface area contributed by atoms with Gasteiger partial charge in [0.1, 0.15) is 0 Å². The molecule has 0 bridgehead atoms. The quantitative estimate of drug-likeness (QED) is 0.480. The lowest BCUT2D eigenvalue weighted by Gasteiger charge is -1.76. The molecular weight excluding hydrogens is 152 g/mol. The van der Waals surface area contributed by atoms with E-state index < -0.39 is 4.92 Å². The fourth-order valence-corrected chi connectivity index (χ4v) is 0.947. The van der Waals surface area contributed by atoms with Gasteiger partial charge < -0.3 is 0 Å². The molecule has 0 radical (unpaired) electrons. The van der Waals surface area contributed by atoms with E-state index in [0.717, 1.165) is 11.1 Å². The van der Waals surface area contributed by atoms with Gasteiger partial charge in [-0.1, -0.05) is 0 Å². The Labute approximate surface area is 61.0 Å². The summed E-state index contributed by atoms with van der Waals surface area (Å²) in [4.78, 5) is 13.8. The van der Waals surface area contributed by atoms with E-state index in [2.05, 4.69) is 4.98 Å². The molecule has 0 aliphatic carbocycles. The average Bonchev–Trinajstić information content (AvgIpc) is 2.34. The zero-order valence-electron chi connectivity index (χ0n) is 4.93. The van der Waals surface area contributed by atoms with Gasteiger partial charge in [0.2, 0.25) is 6.20 Å². The third-order valence-electron chi connectivity index (χ3n) is 0.812. The van der Waals surface area contributed by atoms with Gasteiger partial charge in [-0.05, 0) is 0 Å². The first-order valence-corrected chi connectivity index (χ1v) is 3.37. The summed E-state index contributed by atoms with van der Waals surface area (Å²) in [5, 5.41) is 9.80. The van der Waals surface area contributed by atoms with Crippen molar-refractivity contribution in [1.29, 1.82) is 0 Å². The molecule has 0 aliphatic rings. The predicted octanol–water partition coefficient (Wildman–Crippen LogP) is 1.39. The largest absolute Gasteiger partial charge is 0.259 e. The second kappa shape index (κ2) is 3.07. The van der Waals surface area contributed by atoms with Crippen LogP contribution in [0.2, 0.25) is 0 Å². The Morgan fingerprint density at radius 1 is 1.80 bits per heavy atom. The summed E-state index contributed by atoms with van der Waals surface area (Å²) in [7, 11) is 0. The molecule has 0 aliphatic heterocycles. The summed E-state index contributed by atoms with van der Waals surface area (Å²) in [6.45, 7) is 0. The number of hydrogen-bond acceptors (Lipinski definition) is 4. The number of thiazole rings is 1. The van der Waals surface area contributed by atoms with Crippen LogP contribution in [-0.2, 0) is 0 Å². The first-order valence-electron chi connectivity index (χ1n) is 2.49. The van der Waals surface area contributed by atoms with Crippen LogP contribution in [0.3, 0.4) is 0 Å². The van der Waals surface area contributed by atoms with Crippen molar-refractivity contribution in [1.82, 2.24) is 4.98 Å². The summed E-state index contributed by atoms with van der Waals surface area (Å²) >= 11 is 1.36. The molecule has 52 valence electrons. The zero-order valence-corrected chi connectivity index (χ0v) is 5.75. The zero-order chi connectivity index (χ0) is 7.40. The van der Waals surface area contributed by atoms with Crippen LogP contribution in [0, 0.1) is 10.1 Å². The summed E-state index contributed by atoms with van der Waals surface area (Å²) in [6.07, 6.45) is 3.88. The Hall–Kier alpha value is -1.23. The van der Waals surface area contributed by atoms with E-state index in [1.807, 2.05) is 0 Å². The smallest absolute Gasteiger partial charge is 0.235 e. The number of rotatable bonds is 2. The third kappa shape index (κ3) is 1.94. The van der Waals surface area contributed by atoms with Crippen LogP contribution in [0.25, 0.3) is 6.08 Å². The van der Waals surface area contributed by atoms with Crippen LogP contribution in [0.5, 0.6) is 0 Å². The maximum absolute atomic E-state index is 9.80. The summed E-state index contributed by atoms with van der Waals surface area (Å²) in [5.74, 6) is 0. The molecule has 1 aromatic heterocycles. The van der Waals surface area contributed by atoms with Crippen molar-refractivity contribution >= 4 is 17.4 Å². The van der Waals surface area contributed by atoms with Crippen LogP contribution in [0.4, 0.5) is 0 Å². The van der Waals surface area contributed by atoms with Crippen molar-refractivity contribution in [2.24, 2.45) is 0 Å². The van der Waals surface area contributed by atoms with Crippen LogP contribution < -0.4 is 0 Å². The molecule has 0 amide bonds. The van der Waals surface area contributed by atoms with E-state index in [0.29, 0.717) is 0 Å². The molecule has 1 aromatic rings. The highest BCUT2D eigenvalue weighted by Crippen LogP contribution is 2.06. The third-order valence-corrected chi connectivity index (χ3v) is 1.55. The highest BCUT2D eigenvalue weighted by molar-refractivity contribution is 7.10. The van der Waals surface area contributed by atoms with E-state index >= 15 is 0 Å². The van der Waals surface area contributed by atoms with Crippen LogP contribution in [0.1, 0.15) is 4.88 Å². The molecule has 0 spiro atoms. The van der Waals surface area contributed by atoms with Gasteiger partial charge in [0.15, 0.2) is 0 Å². The van der Waals surface area contributed by atoms with Gasteiger partial charge in [-0.2, -0.15) is 0 Å². The van der Waals surface area contributed by atoms with Crippen molar-refractivity contribution in [2.45, 2.75) is 0 Å². The van der Waals surface area contributed by atoms with Gasteiger partial charge in [0.05, 0.1) is 15.3 Å². The van der Waals surface area contributed by atoms with E-state index in [4.69, 9.17) is 0 Å². The molecular formula is C5H4N2O2S. The molecule has 0 N–H and O–H groups in total. The minimum atomic E-state index is -0.500. The van der Waals surface area contributed by atoms with Gasteiger partial charge in [-0.3, -0.25) is 15.1 Å². The monoisotopic (exact) mass is 156 g/mol. The van der Waals surface area contributed by atoms with E-state index in [1.165, 1.54) is 17.4 Å². The Morgan fingerprint density at radius 2 is 2.60 bits per heavy atom. The molecule has 10 heavy (non-hydrogen) atoms. The Kier molecular flexibility index (Phi) is 2.11. The van der Waals surface area contributed by atoms with Crippen molar-refractivity contribution in [3.63, 3.8) is 0 Å². The summed E-state index contributed by atoms with van der Waals surface area (Å²) < 4.78 is 0. The Morgan fingerprint density at radius 3 is 3.10 bits per heavy atom. The van der Waals surface area contributed by atoms with Gasteiger partial charge >= 0.3 is 0 Å². The molecule has 0 unspecified atom stereocenters. The fourth-order valence-electron chi connectivity index (χ4n) is 0.442. The molecule has 1 rings (SSSR count). The topological polar surface area (TPSA) is 56.0 Å². The Balaban J connectivity index is 2.64. The number of nitro groups is 1. The van der Waals surface area contributed by atoms with E-state index in [-0.39, 0.29) is 0 Å². The SMILES string of the molecule is O=[N+]([O-])/C=C/c1cncs1. The molecule has 0 saturated heterocycles. The van der Waals surface area contributed by atoms with Crippen LogP contribution >= 0.6 is 11.3 Å². The number of aromatic nitrogens is 1. The van der Waals surface area contributed by atoms with Crippen molar-refractivity contribution in [3.8, 4) is 0 Å². The van der Waals surface area contributed by atoms with Gasteiger partial charge in [0.25, 0.3) is 0 Å². The molecule has 0 saturated carbocycles. The van der Waals surface area contributed by atoms with Crippen molar-refractivity contribution < 1.29 is 4.92 Å². The van der Waals surface area contributed by atoms with Crippen molar-refractivity contribution in [2.75, 3.05) is 0 Å². The highest BCUT2D eigenvalue weighted by Gasteiger charge is 1.89. The van der Waals surface area contributed by atoms with Gasteiger partial charge in [-0.25, -0.2) is 0 Å². The molecule has 1 heterocycles. The molecule has 0 aromatic carbocycles. The van der Waals surface area contributed by atoms with Gasteiger partial charge in [0, 0.05) is 12.3 Å². The van der Waals surface area contributed by atoms with E-state index in [1.54, 1.807) is 11.7 Å². The minimum Gasteiger partial charge on any atom is -0.259 e. The second-order valence-electron chi connectivity index (χ2n) is 1.50. The minimum absolute atomic E-state index is 0.500. The second-order valence-corrected chi connectivity index (χ2v) is 2.42. The lowest BCUT2D eigenvalue weighted by Crippen LogP contribution is -1.80. The lowest BCUT2D eigenvalue weighted by molar-refractivity contribution is -0.400. The van der Waals surface area contributed by atoms with Crippen molar-refractivity contribution in [3.05, 3.63) is 32.9 Å². The van der Waals surface area contributed by atoms with E-state index in [9.17, 15) is 10.1 Å². The summed E-state index contributed by atoms with van der Waals surface area (Å²) in [5.41, 5.74) is 1.62. The van der Waals surface area contributed by atoms with Crippen LogP contribution in [0.15, 0.2) is 17.9 Å². The normalized spacial score (nSPS) is 10.4. The number of nitrogens with zero attached hydrogens (tertiary/aromatic N) is 2. The summed E-state index contributed by atoms with van der Waals surface area (Å²) in [6, 6.07) is 0. The first kappa shape index (κ1) is 6.88. The first-order chi connectivity index (χ1) is 4.79. The maximum Gasteiger partial charge on any atom is 0.235 e. The molecule has 5 heteroatoms. The average molecular weight is 156 g/mol. The van der Waals surface area contributed by atoms with Crippen LogP contribution in [-0.4, -0.2) is 9.91 Å². The molecule has 4 nitrogen and oxygen atoms in total. The standard InChI is InChI=1S/C5H4N2O2S/c8-7(9)2-1-5-3-6-4-10-5/h1-4H/b2-1+. The Bertz CT molecular complexity index is 242. The lowest BCUT2D eigenvalue weighted by atomic mass is 10.5. The van der Waals surface area contributed by atoms with Gasteiger partial charge in [-0.15, -0.1) is 11.3 Å². The fraction of sp³-hybridized carbons (Fsp3) is 0.